The standard InChI is InChI=1S/C13H11BrN4/c1-8-12-11(18-17-8)5-6-15-13(12)16-10-4-2-3-9(14)7-10/h2-7H,1H3,(H,15,16)(H,17,18). The first-order valence-corrected chi connectivity index (χ1v) is 6.35. The second kappa shape index (κ2) is 4.42. The van der Waals surface area contributed by atoms with E-state index in [4.69, 9.17) is 0 Å². The van der Waals surface area contributed by atoms with E-state index in [1.807, 2.05) is 37.3 Å². The second-order valence-electron chi connectivity index (χ2n) is 4.03. The maximum Gasteiger partial charge on any atom is 0.141 e. The average Bonchev–Trinajstić information content (AvgIpc) is 2.72. The monoisotopic (exact) mass is 302 g/mol. The van der Waals surface area contributed by atoms with Crippen LogP contribution in [0.4, 0.5) is 11.5 Å². The summed E-state index contributed by atoms with van der Waals surface area (Å²) in [4.78, 5) is 4.38. The molecule has 0 amide bonds. The lowest BCUT2D eigenvalue weighted by atomic mass is 10.2. The molecule has 3 rings (SSSR count). The van der Waals surface area contributed by atoms with Gasteiger partial charge in [-0.1, -0.05) is 22.0 Å². The molecular weight excluding hydrogens is 292 g/mol. The Bertz CT molecular complexity index is 705. The van der Waals surface area contributed by atoms with Crippen LogP contribution in [-0.4, -0.2) is 15.2 Å². The fourth-order valence-corrected chi connectivity index (χ4v) is 2.32. The number of hydrogen-bond acceptors (Lipinski definition) is 3. The van der Waals surface area contributed by atoms with E-state index in [2.05, 4.69) is 36.4 Å². The smallest absolute Gasteiger partial charge is 0.141 e. The van der Waals surface area contributed by atoms with E-state index < -0.39 is 0 Å². The number of H-pyrrole nitrogens is 1. The summed E-state index contributed by atoms with van der Waals surface area (Å²) in [5.74, 6) is 0.817. The topological polar surface area (TPSA) is 53.6 Å². The number of aromatic nitrogens is 3. The highest BCUT2D eigenvalue weighted by Crippen LogP contribution is 2.26. The van der Waals surface area contributed by atoms with Gasteiger partial charge in [-0.2, -0.15) is 5.10 Å². The molecule has 0 spiro atoms. The number of aryl methyl sites for hydroxylation is 1. The van der Waals surface area contributed by atoms with Gasteiger partial charge in [0, 0.05) is 16.4 Å². The summed E-state index contributed by atoms with van der Waals surface area (Å²) >= 11 is 3.45. The molecule has 4 nitrogen and oxygen atoms in total. The van der Waals surface area contributed by atoms with E-state index in [-0.39, 0.29) is 0 Å². The lowest BCUT2D eigenvalue weighted by Gasteiger charge is -2.07. The lowest BCUT2D eigenvalue weighted by molar-refractivity contribution is 1.07. The third-order valence-corrected chi connectivity index (χ3v) is 3.24. The predicted octanol–water partition coefficient (Wildman–Crippen LogP) is 3.77. The molecule has 0 aliphatic heterocycles. The molecular formula is C13H11BrN4. The molecule has 2 N–H and O–H groups in total. The fourth-order valence-electron chi connectivity index (χ4n) is 1.92. The number of pyridine rings is 1. The number of nitrogens with one attached hydrogen (secondary N) is 2. The van der Waals surface area contributed by atoms with E-state index in [0.717, 1.165) is 32.6 Å². The van der Waals surface area contributed by atoms with Crippen LogP contribution in [0.1, 0.15) is 5.69 Å². The summed E-state index contributed by atoms with van der Waals surface area (Å²) in [5, 5.41) is 11.5. The van der Waals surface area contributed by atoms with Crippen molar-refractivity contribution in [1.82, 2.24) is 15.2 Å². The van der Waals surface area contributed by atoms with E-state index >= 15 is 0 Å². The molecule has 0 fully saturated rings. The SMILES string of the molecule is Cc1n[nH]c2ccnc(Nc3cccc(Br)c3)c12. The Morgan fingerprint density at radius 3 is 3.00 bits per heavy atom. The van der Waals surface area contributed by atoms with Gasteiger partial charge < -0.3 is 5.32 Å². The Morgan fingerprint density at radius 2 is 2.17 bits per heavy atom. The second-order valence-corrected chi connectivity index (χ2v) is 4.94. The van der Waals surface area contributed by atoms with Crippen molar-refractivity contribution < 1.29 is 0 Å². The number of nitrogens with zero attached hydrogens (tertiary/aromatic N) is 2. The van der Waals surface area contributed by atoms with E-state index in [1.54, 1.807) is 6.20 Å². The molecule has 18 heavy (non-hydrogen) atoms. The first-order valence-electron chi connectivity index (χ1n) is 5.56. The van der Waals surface area contributed by atoms with Crippen LogP contribution in [0.5, 0.6) is 0 Å². The highest BCUT2D eigenvalue weighted by molar-refractivity contribution is 9.10. The normalized spacial score (nSPS) is 10.8. The van der Waals surface area contributed by atoms with Gasteiger partial charge in [0.05, 0.1) is 16.6 Å². The molecule has 2 heterocycles. The van der Waals surface area contributed by atoms with E-state index in [0.29, 0.717) is 0 Å². The van der Waals surface area contributed by atoms with Crippen molar-refractivity contribution in [2.75, 3.05) is 5.32 Å². The first kappa shape index (κ1) is 11.2. The third kappa shape index (κ3) is 1.97. The molecule has 2 aromatic heterocycles. The van der Waals surface area contributed by atoms with Crippen LogP contribution in [0.2, 0.25) is 0 Å². The lowest BCUT2D eigenvalue weighted by Crippen LogP contribution is -1.94. The van der Waals surface area contributed by atoms with E-state index in [9.17, 15) is 0 Å². The van der Waals surface area contributed by atoms with Crippen LogP contribution < -0.4 is 5.32 Å². The molecule has 1 aromatic carbocycles. The molecule has 0 unspecified atom stereocenters. The molecule has 0 atom stereocenters. The van der Waals surface area contributed by atoms with Gasteiger partial charge in [-0.3, -0.25) is 5.10 Å². The summed E-state index contributed by atoms with van der Waals surface area (Å²) in [6.45, 7) is 1.96. The number of halogens is 1. The zero-order valence-electron chi connectivity index (χ0n) is 9.74. The summed E-state index contributed by atoms with van der Waals surface area (Å²) in [5.41, 5.74) is 2.92. The van der Waals surface area contributed by atoms with Crippen molar-refractivity contribution in [2.24, 2.45) is 0 Å². The third-order valence-electron chi connectivity index (χ3n) is 2.74. The van der Waals surface area contributed by atoms with Crippen molar-refractivity contribution >= 4 is 38.3 Å². The minimum Gasteiger partial charge on any atom is -0.340 e. The van der Waals surface area contributed by atoms with Crippen molar-refractivity contribution in [3.63, 3.8) is 0 Å². The highest BCUT2D eigenvalue weighted by atomic mass is 79.9. The number of anilines is 2. The van der Waals surface area contributed by atoms with Gasteiger partial charge in [0.1, 0.15) is 5.82 Å². The molecule has 90 valence electrons. The van der Waals surface area contributed by atoms with Gasteiger partial charge in [-0.15, -0.1) is 0 Å². The molecule has 0 aliphatic rings. The summed E-state index contributed by atoms with van der Waals surface area (Å²) < 4.78 is 1.03. The van der Waals surface area contributed by atoms with Crippen molar-refractivity contribution in [3.05, 3.63) is 46.7 Å². The van der Waals surface area contributed by atoms with Crippen molar-refractivity contribution in [1.29, 1.82) is 0 Å². The van der Waals surface area contributed by atoms with Crippen LogP contribution in [0.25, 0.3) is 10.9 Å². The Hall–Kier alpha value is -1.88. The maximum absolute atomic E-state index is 4.38. The van der Waals surface area contributed by atoms with Crippen molar-refractivity contribution in [2.45, 2.75) is 6.92 Å². The van der Waals surface area contributed by atoms with Crippen molar-refractivity contribution in [3.8, 4) is 0 Å². The zero-order valence-corrected chi connectivity index (χ0v) is 11.3. The van der Waals surface area contributed by atoms with Gasteiger partial charge in [-0.25, -0.2) is 4.98 Å². The first-order chi connectivity index (χ1) is 8.74. The minimum absolute atomic E-state index is 0.817. The van der Waals surface area contributed by atoms with Gasteiger partial charge >= 0.3 is 0 Å². The Kier molecular flexibility index (Phi) is 2.76. The fraction of sp³-hybridized carbons (Fsp3) is 0.0769. The maximum atomic E-state index is 4.38. The number of hydrogen-bond donors (Lipinski definition) is 2. The number of fused-ring (bicyclic) bond motifs is 1. The molecule has 0 saturated carbocycles. The van der Waals surface area contributed by atoms with Crippen LogP contribution in [0.15, 0.2) is 41.0 Å². The highest BCUT2D eigenvalue weighted by Gasteiger charge is 2.08. The molecule has 5 heteroatoms. The zero-order chi connectivity index (χ0) is 12.5. The number of aromatic amines is 1. The summed E-state index contributed by atoms with van der Waals surface area (Å²) in [7, 11) is 0. The van der Waals surface area contributed by atoms with Crippen LogP contribution in [-0.2, 0) is 0 Å². The number of benzene rings is 1. The Labute approximate surface area is 113 Å². The Morgan fingerprint density at radius 1 is 1.28 bits per heavy atom. The number of rotatable bonds is 2. The molecule has 0 radical (unpaired) electrons. The quantitative estimate of drug-likeness (QED) is 0.757. The summed E-state index contributed by atoms with van der Waals surface area (Å²) in [6, 6.07) is 9.90. The summed E-state index contributed by atoms with van der Waals surface area (Å²) in [6.07, 6.45) is 1.76. The van der Waals surface area contributed by atoms with Crippen LogP contribution in [0.3, 0.4) is 0 Å². The molecule has 3 aromatic rings. The van der Waals surface area contributed by atoms with E-state index in [1.165, 1.54) is 0 Å². The molecule has 0 aliphatic carbocycles. The minimum atomic E-state index is 0.817. The molecule has 0 bridgehead atoms. The van der Waals surface area contributed by atoms with Gasteiger partial charge in [-0.05, 0) is 31.2 Å². The molecule has 0 saturated heterocycles. The van der Waals surface area contributed by atoms with Gasteiger partial charge in [0.2, 0.25) is 0 Å². The van der Waals surface area contributed by atoms with Gasteiger partial charge in [0.15, 0.2) is 0 Å². The largest absolute Gasteiger partial charge is 0.340 e. The average molecular weight is 303 g/mol. The predicted molar refractivity (Wildman–Crippen MR) is 76.1 cm³/mol. The van der Waals surface area contributed by atoms with Gasteiger partial charge in [0.25, 0.3) is 0 Å². The van der Waals surface area contributed by atoms with Crippen LogP contribution in [0, 0.1) is 6.92 Å². The van der Waals surface area contributed by atoms with Crippen LogP contribution >= 0.6 is 15.9 Å². The Balaban J connectivity index is 2.07.